The van der Waals surface area contributed by atoms with Crippen molar-refractivity contribution in [1.29, 1.82) is 5.26 Å². The Balaban J connectivity index is 0.00000196. The Labute approximate surface area is 97.5 Å². The van der Waals surface area contributed by atoms with E-state index in [9.17, 15) is 0 Å². The van der Waals surface area contributed by atoms with Gasteiger partial charge in [-0.2, -0.15) is 5.26 Å². The summed E-state index contributed by atoms with van der Waals surface area (Å²) in [5.41, 5.74) is 7.89. The molecular formula is C12H17ClN2. The van der Waals surface area contributed by atoms with Gasteiger partial charge in [0.2, 0.25) is 0 Å². The van der Waals surface area contributed by atoms with Crippen LogP contribution in [0.5, 0.6) is 0 Å². The van der Waals surface area contributed by atoms with Crippen molar-refractivity contribution in [3.63, 3.8) is 0 Å². The molecule has 0 aliphatic heterocycles. The van der Waals surface area contributed by atoms with Crippen LogP contribution in [0, 0.1) is 16.7 Å². The van der Waals surface area contributed by atoms with Gasteiger partial charge >= 0.3 is 0 Å². The Morgan fingerprint density at radius 3 is 2.00 bits per heavy atom. The van der Waals surface area contributed by atoms with Gasteiger partial charge in [0.15, 0.2) is 0 Å². The number of nitriles is 1. The van der Waals surface area contributed by atoms with Crippen molar-refractivity contribution in [3.8, 4) is 6.07 Å². The predicted octanol–water partition coefficient (Wildman–Crippen LogP) is 3.03. The van der Waals surface area contributed by atoms with Gasteiger partial charge in [-0.25, -0.2) is 0 Å². The van der Waals surface area contributed by atoms with Gasteiger partial charge in [0, 0.05) is 6.04 Å². The van der Waals surface area contributed by atoms with Gasteiger partial charge in [0.05, 0.1) is 11.6 Å². The Hall–Kier alpha value is -1.04. The number of benzene rings is 1. The van der Waals surface area contributed by atoms with Gasteiger partial charge in [0.1, 0.15) is 0 Å². The minimum absolute atomic E-state index is 0. The van der Waals surface area contributed by atoms with Crippen LogP contribution in [0.25, 0.3) is 0 Å². The second-order valence-corrected chi connectivity index (χ2v) is 4.58. The summed E-state index contributed by atoms with van der Waals surface area (Å²) in [4.78, 5) is 0. The molecule has 0 unspecified atom stereocenters. The van der Waals surface area contributed by atoms with Gasteiger partial charge < -0.3 is 5.73 Å². The van der Waals surface area contributed by atoms with Gasteiger partial charge in [-0.05, 0) is 23.1 Å². The van der Waals surface area contributed by atoms with E-state index >= 15 is 0 Å². The maximum Gasteiger partial charge on any atom is 0.0991 e. The molecule has 82 valence electrons. The largest absolute Gasteiger partial charge is 0.324 e. The molecule has 1 aromatic rings. The second kappa shape index (κ2) is 5.16. The van der Waals surface area contributed by atoms with Gasteiger partial charge in [0.25, 0.3) is 0 Å². The molecule has 0 saturated heterocycles. The molecule has 0 aromatic heterocycles. The molecule has 2 N–H and O–H groups in total. The highest BCUT2D eigenvalue weighted by molar-refractivity contribution is 5.85. The van der Waals surface area contributed by atoms with Crippen LogP contribution in [0.1, 0.15) is 37.9 Å². The lowest BCUT2D eigenvalue weighted by molar-refractivity contribution is 0.327. The number of halogens is 1. The van der Waals surface area contributed by atoms with E-state index in [4.69, 9.17) is 11.0 Å². The molecule has 0 aliphatic rings. The molecule has 0 heterocycles. The van der Waals surface area contributed by atoms with E-state index in [1.165, 1.54) is 0 Å². The molecule has 0 radical (unpaired) electrons. The van der Waals surface area contributed by atoms with E-state index in [-0.39, 0.29) is 23.9 Å². The maximum atomic E-state index is 8.65. The maximum absolute atomic E-state index is 8.65. The first-order valence-corrected chi connectivity index (χ1v) is 4.71. The summed E-state index contributed by atoms with van der Waals surface area (Å²) in [6, 6.07) is 9.56. The van der Waals surface area contributed by atoms with E-state index in [0.717, 1.165) is 5.56 Å². The number of nitrogens with two attached hydrogens (primary N) is 1. The molecule has 1 rings (SSSR count). The first-order valence-electron chi connectivity index (χ1n) is 4.71. The molecule has 0 bridgehead atoms. The second-order valence-electron chi connectivity index (χ2n) is 4.58. The van der Waals surface area contributed by atoms with Crippen molar-refractivity contribution in [2.45, 2.75) is 26.8 Å². The van der Waals surface area contributed by atoms with Gasteiger partial charge in [-0.15, -0.1) is 12.4 Å². The molecule has 0 fully saturated rings. The van der Waals surface area contributed by atoms with Gasteiger partial charge in [-0.3, -0.25) is 0 Å². The number of nitrogens with zero attached hydrogens (tertiary/aromatic N) is 1. The fourth-order valence-corrected chi connectivity index (χ4v) is 1.26. The molecule has 3 heteroatoms. The van der Waals surface area contributed by atoms with Gasteiger partial charge in [-0.1, -0.05) is 32.9 Å². The van der Waals surface area contributed by atoms with Crippen LogP contribution in [0.2, 0.25) is 0 Å². The van der Waals surface area contributed by atoms with Crippen molar-refractivity contribution in [2.75, 3.05) is 0 Å². The lowest BCUT2D eigenvalue weighted by Gasteiger charge is -2.27. The minimum Gasteiger partial charge on any atom is -0.324 e. The Morgan fingerprint density at radius 2 is 1.67 bits per heavy atom. The molecule has 0 saturated carbocycles. The zero-order chi connectivity index (χ0) is 10.8. The zero-order valence-corrected chi connectivity index (χ0v) is 10.1. The van der Waals surface area contributed by atoms with E-state index in [0.29, 0.717) is 5.56 Å². The third-order valence-electron chi connectivity index (χ3n) is 2.33. The van der Waals surface area contributed by atoms with Crippen molar-refractivity contribution in [3.05, 3.63) is 35.4 Å². The normalized spacial score (nSPS) is 12.5. The molecule has 15 heavy (non-hydrogen) atoms. The summed E-state index contributed by atoms with van der Waals surface area (Å²) in [6.07, 6.45) is 0. The highest BCUT2D eigenvalue weighted by Crippen LogP contribution is 2.30. The molecule has 0 amide bonds. The van der Waals surface area contributed by atoms with Crippen molar-refractivity contribution in [1.82, 2.24) is 0 Å². The summed E-state index contributed by atoms with van der Waals surface area (Å²) >= 11 is 0. The van der Waals surface area contributed by atoms with E-state index < -0.39 is 0 Å². The van der Waals surface area contributed by atoms with Crippen LogP contribution in [-0.2, 0) is 0 Å². The molecule has 2 nitrogen and oxygen atoms in total. The standard InChI is InChI=1S/C12H16N2.ClH/c1-12(2,3)11(14)10-6-4-9(8-13)5-7-10;/h4-7,11H,14H2,1-3H3;1H/t11-;/m1./s1. The quantitative estimate of drug-likeness (QED) is 0.797. The predicted molar refractivity (Wildman–Crippen MR) is 64.8 cm³/mol. The van der Waals surface area contributed by atoms with Crippen molar-refractivity contribution in [2.24, 2.45) is 11.1 Å². The first kappa shape index (κ1) is 14.0. The monoisotopic (exact) mass is 224 g/mol. The summed E-state index contributed by atoms with van der Waals surface area (Å²) in [5.74, 6) is 0. The molecule has 0 aliphatic carbocycles. The summed E-state index contributed by atoms with van der Waals surface area (Å²) in [7, 11) is 0. The van der Waals surface area contributed by atoms with Crippen LogP contribution in [0.4, 0.5) is 0 Å². The Morgan fingerprint density at radius 1 is 1.20 bits per heavy atom. The van der Waals surface area contributed by atoms with Crippen molar-refractivity contribution < 1.29 is 0 Å². The smallest absolute Gasteiger partial charge is 0.0991 e. The van der Waals surface area contributed by atoms with E-state index in [1.807, 2.05) is 12.1 Å². The lowest BCUT2D eigenvalue weighted by Crippen LogP contribution is -2.26. The molecule has 1 atom stereocenters. The summed E-state index contributed by atoms with van der Waals surface area (Å²) in [6.45, 7) is 6.32. The minimum atomic E-state index is 0. The fourth-order valence-electron chi connectivity index (χ4n) is 1.26. The third kappa shape index (κ3) is 3.54. The van der Waals surface area contributed by atoms with E-state index in [1.54, 1.807) is 12.1 Å². The lowest BCUT2D eigenvalue weighted by atomic mass is 9.83. The number of hydrogen-bond donors (Lipinski definition) is 1. The first-order chi connectivity index (χ1) is 6.45. The molecule has 1 aromatic carbocycles. The van der Waals surface area contributed by atoms with Crippen LogP contribution >= 0.6 is 12.4 Å². The number of hydrogen-bond acceptors (Lipinski definition) is 2. The average Bonchev–Trinajstić information content (AvgIpc) is 2.15. The topological polar surface area (TPSA) is 49.8 Å². The van der Waals surface area contributed by atoms with E-state index in [2.05, 4.69) is 26.8 Å². The SMILES string of the molecule is CC(C)(C)[C@H](N)c1ccc(C#N)cc1.Cl. The third-order valence-corrected chi connectivity index (χ3v) is 2.33. The summed E-state index contributed by atoms with van der Waals surface area (Å²) < 4.78 is 0. The van der Waals surface area contributed by atoms with Crippen LogP contribution in [-0.4, -0.2) is 0 Å². The molecule has 0 spiro atoms. The summed E-state index contributed by atoms with van der Waals surface area (Å²) in [5, 5.41) is 8.65. The van der Waals surface area contributed by atoms with Crippen LogP contribution < -0.4 is 5.73 Å². The highest BCUT2D eigenvalue weighted by Gasteiger charge is 2.21. The average molecular weight is 225 g/mol. The fraction of sp³-hybridized carbons (Fsp3) is 0.417. The number of rotatable bonds is 1. The zero-order valence-electron chi connectivity index (χ0n) is 9.32. The highest BCUT2D eigenvalue weighted by atomic mass is 35.5. The molecular weight excluding hydrogens is 208 g/mol. The Kier molecular flexibility index (Phi) is 4.80. The van der Waals surface area contributed by atoms with Crippen LogP contribution in [0.3, 0.4) is 0 Å². The van der Waals surface area contributed by atoms with Crippen molar-refractivity contribution >= 4 is 12.4 Å². The van der Waals surface area contributed by atoms with Crippen LogP contribution in [0.15, 0.2) is 24.3 Å². The Bertz CT molecular complexity index is 343.